The fourth-order valence-corrected chi connectivity index (χ4v) is 4.89. The number of ether oxygens (including phenoxy) is 2. The number of hydrogen-bond donors (Lipinski definition) is 1. The van der Waals surface area contributed by atoms with Crippen molar-refractivity contribution in [3.8, 4) is 11.5 Å². The summed E-state index contributed by atoms with van der Waals surface area (Å²) in [4.78, 5) is 28.2. The number of likely N-dealkylation sites (tertiary alicyclic amines) is 1. The Morgan fingerprint density at radius 2 is 1.86 bits per heavy atom. The molecule has 2 heterocycles. The zero-order valence-electron chi connectivity index (χ0n) is 20.4. The lowest BCUT2D eigenvalue weighted by Crippen LogP contribution is -2.29. The zero-order valence-corrected chi connectivity index (χ0v) is 20.4. The predicted molar refractivity (Wildman–Crippen MR) is 137 cm³/mol. The van der Waals surface area contributed by atoms with Gasteiger partial charge >= 0.3 is 0 Å². The molecule has 1 fully saturated rings. The van der Waals surface area contributed by atoms with Gasteiger partial charge < -0.3 is 19.5 Å². The minimum atomic E-state index is -0.751. The lowest BCUT2D eigenvalue weighted by molar-refractivity contribution is -0.140. The van der Waals surface area contributed by atoms with Gasteiger partial charge in [-0.25, -0.2) is 0 Å². The van der Waals surface area contributed by atoms with Crippen molar-refractivity contribution in [1.82, 2.24) is 4.90 Å². The first kappa shape index (κ1) is 23.7. The van der Waals surface area contributed by atoms with Gasteiger partial charge in [-0.05, 0) is 60.4 Å². The van der Waals surface area contributed by atoms with E-state index in [4.69, 9.17) is 9.47 Å². The van der Waals surface area contributed by atoms with E-state index in [1.165, 1.54) is 4.90 Å². The van der Waals surface area contributed by atoms with E-state index in [9.17, 15) is 14.7 Å². The maximum absolute atomic E-state index is 13.4. The molecular formula is C30H29NO5. The summed E-state index contributed by atoms with van der Waals surface area (Å²) in [5.41, 5.74) is 3.14. The number of Topliss-reactive ketones (excluding diaryl/α,β-unsaturated/α-hetero) is 1. The van der Waals surface area contributed by atoms with E-state index >= 15 is 0 Å². The molecular weight excluding hydrogens is 454 g/mol. The number of carbonyl (C=O) groups excluding carboxylic acids is 2. The largest absolute Gasteiger partial charge is 0.507 e. The van der Waals surface area contributed by atoms with E-state index in [0.29, 0.717) is 23.5 Å². The Bertz CT molecular complexity index is 1330. The summed E-state index contributed by atoms with van der Waals surface area (Å²) in [5, 5.41) is 11.4. The number of aliphatic hydroxyl groups is 1. The summed E-state index contributed by atoms with van der Waals surface area (Å²) in [6.45, 7) is 4.81. The summed E-state index contributed by atoms with van der Waals surface area (Å²) in [7, 11) is 0. The minimum Gasteiger partial charge on any atom is -0.507 e. The Morgan fingerprint density at radius 3 is 2.64 bits per heavy atom. The van der Waals surface area contributed by atoms with Crippen molar-refractivity contribution in [2.45, 2.75) is 45.4 Å². The summed E-state index contributed by atoms with van der Waals surface area (Å²) in [6.07, 6.45) is 1.64. The second kappa shape index (κ2) is 9.90. The molecule has 3 aromatic rings. The zero-order chi connectivity index (χ0) is 25.2. The van der Waals surface area contributed by atoms with Crippen molar-refractivity contribution in [3.05, 3.63) is 101 Å². The molecule has 0 bridgehead atoms. The number of aliphatic hydroxyl groups excluding tert-OH is 1. The molecule has 5 rings (SSSR count). The lowest BCUT2D eigenvalue weighted by Gasteiger charge is -2.26. The van der Waals surface area contributed by atoms with Crippen LogP contribution < -0.4 is 9.47 Å². The molecule has 0 unspecified atom stereocenters. The van der Waals surface area contributed by atoms with Crippen LogP contribution >= 0.6 is 0 Å². The van der Waals surface area contributed by atoms with Gasteiger partial charge in [0.1, 0.15) is 23.4 Å². The van der Waals surface area contributed by atoms with Gasteiger partial charge in [0.05, 0.1) is 18.2 Å². The fourth-order valence-electron chi connectivity index (χ4n) is 4.89. The number of carbonyl (C=O) groups is 2. The Balaban J connectivity index is 1.61. The first-order valence-electron chi connectivity index (χ1n) is 12.3. The molecule has 36 heavy (non-hydrogen) atoms. The molecule has 6 heteroatoms. The maximum atomic E-state index is 13.4. The molecule has 0 radical (unpaired) electrons. The number of fused-ring (bicyclic) bond motifs is 1. The van der Waals surface area contributed by atoms with E-state index in [2.05, 4.69) is 0 Å². The monoisotopic (exact) mass is 483 g/mol. The van der Waals surface area contributed by atoms with Crippen LogP contribution in [0.2, 0.25) is 0 Å². The second-order valence-corrected chi connectivity index (χ2v) is 9.29. The van der Waals surface area contributed by atoms with Gasteiger partial charge in [0.25, 0.3) is 11.7 Å². The standard InChI is InChI=1S/C30H29NO5/c1-3-14-35-24-11-7-10-21(17-24)27-26(28(32)22-12-13-25-23(16-22)15-19(2)36-25)29(33)30(34)31(27)18-20-8-5-4-6-9-20/h4-13,16-17,19,27,32H,3,14-15,18H2,1-2H3/b28-26+/t19-,27-/m1/s1. The van der Waals surface area contributed by atoms with Crippen molar-refractivity contribution < 1.29 is 24.2 Å². The Morgan fingerprint density at radius 1 is 1.06 bits per heavy atom. The average Bonchev–Trinajstić information content (AvgIpc) is 3.39. The molecule has 0 aliphatic carbocycles. The number of ketones is 1. The van der Waals surface area contributed by atoms with E-state index in [1.54, 1.807) is 6.07 Å². The highest BCUT2D eigenvalue weighted by atomic mass is 16.5. The third-order valence-electron chi connectivity index (χ3n) is 6.55. The number of rotatable bonds is 7. The quantitative estimate of drug-likeness (QED) is 0.276. The fraction of sp³-hybridized carbons (Fsp3) is 0.267. The van der Waals surface area contributed by atoms with Crippen LogP contribution in [0.25, 0.3) is 5.76 Å². The first-order chi connectivity index (χ1) is 17.5. The van der Waals surface area contributed by atoms with Crippen LogP contribution in [0.1, 0.15) is 48.6 Å². The van der Waals surface area contributed by atoms with Crippen molar-refractivity contribution >= 4 is 17.4 Å². The summed E-state index contributed by atoms with van der Waals surface area (Å²) < 4.78 is 11.6. The lowest BCUT2D eigenvalue weighted by atomic mass is 9.94. The molecule has 0 saturated carbocycles. The van der Waals surface area contributed by atoms with Crippen LogP contribution in [0, 0.1) is 0 Å². The van der Waals surface area contributed by atoms with Gasteiger partial charge in [-0.3, -0.25) is 9.59 Å². The molecule has 0 aromatic heterocycles. The smallest absolute Gasteiger partial charge is 0.295 e. The van der Waals surface area contributed by atoms with Crippen molar-refractivity contribution in [3.63, 3.8) is 0 Å². The topological polar surface area (TPSA) is 76.1 Å². The SMILES string of the molecule is CCCOc1cccc([C@@H]2/C(=C(\O)c3ccc4c(c3)C[C@@H](C)O4)C(=O)C(=O)N2Cc2ccccc2)c1. The van der Waals surface area contributed by atoms with Crippen molar-refractivity contribution in [2.75, 3.05) is 6.61 Å². The van der Waals surface area contributed by atoms with Crippen LogP contribution in [-0.2, 0) is 22.6 Å². The summed E-state index contributed by atoms with van der Waals surface area (Å²) >= 11 is 0. The van der Waals surface area contributed by atoms with Crippen LogP contribution in [0.3, 0.4) is 0 Å². The van der Waals surface area contributed by atoms with Crippen molar-refractivity contribution in [1.29, 1.82) is 0 Å². The highest BCUT2D eigenvalue weighted by molar-refractivity contribution is 6.46. The predicted octanol–water partition coefficient (Wildman–Crippen LogP) is 5.42. The van der Waals surface area contributed by atoms with Gasteiger partial charge in [-0.15, -0.1) is 0 Å². The molecule has 2 aliphatic rings. The summed E-state index contributed by atoms with van der Waals surface area (Å²) in [6, 6.07) is 21.6. The van der Waals surface area contributed by atoms with Crippen LogP contribution in [-0.4, -0.2) is 34.4 Å². The third kappa shape index (κ3) is 4.47. The number of benzene rings is 3. The Hall–Kier alpha value is -4.06. The van der Waals surface area contributed by atoms with Crippen LogP contribution in [0.5, 0.6) is 11.5 Å². The molecule has 184 valence electrons. The first-order valence-corrected chi connectivity index (χ1v) is 12.3. The van der Waals surface area contributed by atoms with Gasteiger partial charge in [-0.2, -0.15) is 0 Å². The summed E-state index contributed by atoms with van der Waals surface area (Å²) in [5.74, 6) is -0.0813. The van der Waals surface area contributed by atoms with E-state index in [1.807, 2.05) is 80.6 Å². The van der Waals surface area contributed by atoms with Gasteiger partial charge in [-0.1, -0.05) is 49.4 Å². The molecule has 2 aliphatic heterocycles. The van der Waals surface area contributed by atoms with E-state index in [0.717, 1.165) is 29.7 Å². The van der Waals surface area contributed by atoms with Gasteiger partial charge in [0, 0.05) is 18.5 Å². The second-order valence-electron chi connectivity index (χ2n) is 9.29. The minimum absolute atomic E-state index is 0.0553. The number of nitrogens with zero attached hydrogens (tertiary/aromatic N) is 1. The van der Waals surface area contributed by atoms with E-state index < -0.39 is 17.7 Å². The molecule has 0 spiro atoms. The highest BCUT2D eigenvalue weighted by Gasteiger charge is 2.46. The molecule has 1 amide bonds. The molecule has 3 aromatic carbocycles. The van der Waals surface area contributed by atoms with Crippen LogP contribution in [0.4, 0.5) is 0 Å². The van der Waals surface area contributed by atoms with Crippen molar-refractivity contribution in [2.24, 2.45) is 0 Å². The number of amides is 1. The molecule has 1 N–H and O–H groups in total. The van der Waals surface area contributed by atoms with Gasteiger partial charge in [0.2, 0.25) is 0 Å². The maximum Gasteiger partial charge on any atom is 0.295 e. The number of hydrogen-bond acceptors (Lipinski definition) is 5. The molecule has 6 nitrogen and oxygen atoms in total. The van der Waals surface area contributed by atoms with Gasteiger partial charge in [0.15, 0.2) is 0 Å². The normalized spacial score (nSPS) is 20.3. The van der Waals surface area contributed by atoms with E-state index in [-0.39, 0.29) is 24.0 Å². The Labute approximate surface area is 210 Å². The molecule has 2 atom stereocenters. The highest BCUT2D eigenvalue weighted by Crippen LogP contribution is 2.42. The molecule has 1 saturated heterocycles. The average molecular weight is 484 g/mol. The Kier molecular flexibility index (Phi) is 6.51. The van der Waals surface area contributed by atoms with Crippen LogP contribution in [0.15, 0.2) is 78.4 Å². The third-order valence-corrected chi connectivity index (χ3v) is 6.55.